The average molecular weight is 290 g/mol. The molecule has 2 aromatic rings. The second-order valence-electron chi connectivity index (χ2n) is 4.81. The molecule has 0 heterocycles. The minimum Gasteiger partial charge on any atom is -0.399 e. The third kappa shape index (κ3) is 4.36. The molecule has 3 N–H and O–H groups in total. The second kappa shape index (κ2) is 6.07. The van der Waals surface area contributed by atoms with E-state index in [4.69, 9.17) is 5.73 Å². The second-order valence-corrected chi connectivity index (χ2v) is 6.62. The van der Waals surface area contributed by atoms with E-state index in [1.807, 2.05) is 31.2 Å². The van der Waals surface area contributed by atoms with Crippen molar-refractivity contribution >= 4 is 15.7 Å². The highest BCUT2D eigenvalue weighted by atomic mass is 32.2. The Morgan fingerprint density at radius 3 is 2.45 bits per heavy atom. The Bertz CT molecular complexity index is 697. The fourth-order valence-electron chi connectivity index (χ4n) is 1.97. The largest absolute Gasteiger partial charge is 0.399 e. The van der Waals surface area contributed by atoms with Crippen molar-refractivity contribution in [2.75, 3.05) is 5.73 Å². The predicted octanol–water partition coefficient (Wildman–Crippen LogP) is 2.20. The van der Waals surface area contributed by atoms with Gasteiger partial charge in [0, 0.05) is 12.2 Å². The van der Waals surface area contributed by atoms with Crippen LogP contribution in [0.4, 0.5) is 5.69 Å². The van der Waals surface area contributed by atoms with Crippen molar-refractivity contribution in [3.05, 3.63) is 65.2 Å². The van der Waals surface area contributed by atoms with E-state index in [1.54, 1.807) is 24.3 Å². The van der Waals surface area contributed by atoms with Crippen LogP contribution in [-0.4, -0.2) is 8.42 Å². The summed E-state index contributed by atoms with van der Waals surface area (Å²) in [6.07, 6.45) is 0. The van der Waals surface area contributed by atoms with Crippen LogP contribution in [0.1, 0.15) is 16.7 Å². The van der Waals surface area contributed by atoms with E-state index in [1.165, 1.54) is 0 Å². The Morgan fingerprint density at radius 1 is 1.05 bits per heavy atom. The van der Waals surface area contributed by atoms with Crippen LogP contribution >= 0.6 is 0 Å². The van der Waals surface area contributed by atoms with Gasteiger partial charge in [-0.2, -0.15) is 0 Å². The molecule has 0 aliphatic rings. The normalized spacial score (nSPS) is 11.4. The molecule has 5 heteroatoms. The van der Waals surface area contributed by atoms with Crippen molar-refractivity contribution in [3.8, 4) is 0 Å². The summed E-state index contributed by atoms with van der Waals surface area (Å²) in [7, 11) is -3.37. The zero-order valence-corrected chi connectivity index (χ0v) is 12.2. The van der Waals surface area contributed by atoms with Crippen molar-refractivity contribution in [2.24, 2.45) is 0 Å². The molecule has 0 aliphatic carbocycles. The Balaban J connectivity index is 2.01. The smallest absolute Gasteiger partial charge is 0.216 e. The number of rotatable bonds is 5. The molecule has 0 radical (unpaired) electrons. The molecule has 0 fully saturated rings. The van der Waals surface area contributed by atoms with Crippen molar-refractivity contribution in [1.82, 2.24) is 4.72 Å². The van der Waals surface area contributed by atoms with Crippen molar-refractivity contribution < 1.29 is 8.42 Å². The minimum absolute atomic E-state index is 0.0656. The molecule has 0 aliphatic heterocycles. The van der Waals surface area contributed by atoms with E-state index in [9.17, 15) is 8.42 Å². The van der Waals surface area contributed by atoms with Crippen LogP contribution in [0.25, 0.3) is 0 Å². The van der Waals surface area contributed by atoms with Gasteiger partial charge in [-0.15, -0.1) is 0 Å². The summed E-state index contributed by atoms with van der Waals surface area (Å²) >= 11 is 0. The SMILES string of the molecule is Cc1cccc(CNS(=O)(=O)Cc2cccc(N)c2)c1. The number of nitrogens with one attached hydrogen (secondary N) is 1. The molecule has 20 heavy (non-hydrogen) atoms. The molecule has 0 saturated heterocycles. The van der Waals surface area contributed by atoms with Gasteiger partial charge >= 0.3 is 0 Å². The Kier molecular flexibility index (Phi) is 4.42. The topological polar surface area (TPSA) is 72.2 Å². The minimum atomic E-state index is -3.37. The lowest BCUT2D eigenvalue weighted by Gasteiger charge is -2.08. The van der Waals surface area contributed by atoms with E-state index in [-0.39, 0.29) is 5.75 Å². The number of aryl methyl sites for hydroxylation is 1. The molecule has 0 unspecified atom stereocenters. The molecule has 0 aromatic heterocycles. The van der Waals surface area contributed by atoms with Gasteiger partial charge in [0.25, 0.3) is 0 Å². The average Bonchev–Trinajstić information content (AvgIpc) is 2.36. The number of nitrogens with two attached hydrogens (primary N) is 1. The molecule has 0 atom stereocenters. The summed E-state index contributed by atoms with van der Waals surface area (Å²) in [5.74, 6) is -0.0656. The lowest BCUT2D eigenvalue weighted by atomic mass is 10.1. The summed E-state index contributed by atoms with van der Waals surface area (Å²) in [6.45, 7) is 2.27. The van der Waals surface area contributed by atoms with Gasteiger partial charge in [-0.05, 0) is 30.2 Å². The summed E-state index contributed by atoms with van der Waals surface area (Å²) in [5, 5.41) is 0. The fraction of sp³-hybridized carbons (Fsp3) is 0.200. The summed E-state index contributed by atoms with van der Waals surface area (Å²) in [6, 6.07) is 14.7. The van der Waals surface area contributed by atoms with Gasteiger partial charge < -0.3 is 5.73 Å². The first-order valence-electron chi connectivity index (χ1n) is 6.32. The third-order valence-electron chi connectivity index (χ3n) is 2.89. The summed E-state index contributed by atoms with van der Waals surface area (Å²) < 4.78 is 26.6. The first-order chi connectivity index (χ1) is 9.44. The fourth-order valence-corrected chi connectivity index (χ4v) is 3.08. The van der Waals surface area contributed by atoms with E-state index in [2.05, 4.69) is 4.72 Å². The molecule has 106 valence electrons. The number of sulfonamides is 1. The number of hydrogen-bond donors (Lipinski definition) is 2. The molecular formula is C15H18N2O2S. The molecule has 4 nitrogen and oxygen atoms in total. The maximum absolute atomic E-state index is 12.0. The van der Waals surface area contributed by atoms with Crippen LogP contribution in [0.3, 0.4) is 0 Å². The maximum Gasteiger partial charge on any atom is 0.216 e. The van der Waals surface area contributed by atoms with E-state index in [0.29, 0.717) is 17.8 Å². The van der Waals surface area contributed by atoms with Gasteiger partial charge in [0.05, 0.1) is 5.75 Å². The third-order valence-corrected chi connectivity index (χ3v) is 4.18. The number of hydrogen-bond acceptors (Lipinski definition) is 3. The van der Waals surface area contributed by atoms with Crippen LogP contribution in [0.5, 0.6) is 0 Å². The lowest BCUT2D eigenvalue weighted by Crippen LogP contribution is -2.24. The number of anilines is 1. The standard InChI is InChI=1S/C15H18N2O2S/c1-12-4-2-5-13(8-12)10-17-20(18,19)11-14-6-3-7-15(16)9-14/h2-9,17H,10-11,16H2,1H3. The summed E-state index contributed by atoms with van der Waals surface area (Å²) in [5.41, 5.74) is 8.95. The van der Waals surface area contributed by atoms with Gasteiger partial charge in [0.15, 0.2) is 0 Å². The van der Waals surface area contributed by atoms with Gasteiger partial charge in [0.2, 0.25) is 10.0 Å². The molecule has 0 bridgehead atoms. The molecule has 0 saturated carbocycles. The molecule has 2 rings (SSSR count). The molecule has 0 spiro atoms. The van der Waals surface area contributed by atoms with Crippen LogP contribution < -0.4 is 10.5 Å². The highest BCUT2D eigenvalue weighted by Gasteiger charge is 2.11. The first-order valence-corrected chi connectivity index (χ1v) is 7.97. The monoisotopic (exact) mass is 290 g/mol. The van der Waals surface area contributed by atoms with Crippen molar-refractivity contribution in [3.63, 3.8) is 0 Å². The first kappa shape index (κ1) is 14.6. The van der Waals surface area contributed by atoms with Gasteiger partial charge in [-0.25, -0.2) is 13.1 Å². The van der Waals surface area contributed by atoms with Crippen molar-refractivity contribution in [2.45, 2.75) is 19.2 Å². The molecular weight excluding hydrogens is 272 g/mol. The van der Waals surface area contributed by atoms with Crippen LogP contribution in [-0.2, 0) is 22.3 Å². The van der Waals surface area contributed by atoms with Crippen LogP contribution in [0.2, 0.25) is 0 Å². The van der Waals surface area contributed by atoms with E-state index >= 15 is 0 Å². The van der Waals surface area contributed by atoms with E-state index < -0.39 is 10.0 Å². The zero-order chi connectivity index (χ0) is 14.6. The highest BCUT2D eigenvalue weighted by Crippen LogP contribution is 2.10. The molecule has 0 amide bonds. The Hall–Kier alpha value is -1.85. The Labute approximate surface area is 119 Å². The number of benzene rings is 2. The zero-order valence-electron chi connectivity index (χ0n) is 11.3. The van der Waals surface area contributed by atoms with E-state index in [0.717, 1.165) is 11.1 Å². The summed E-state index contributed by atoms with van der Waals surface area (Å²) in [4.78, 5) is 0. The maximum atomic E-state index is 12.0. The Morgan fingerprint density at radius 2 is 1.75 bits per heavy atom. The van der Waals surface area contributed by atoms with Crippen LogP contribution in [0, 0.1) is 6.92 Å². The quantitative estimate of drug-likeness (QED) is 0.829. The van der Waals surface area contributed by atoms with Gasteiger partial charge in [0.1, 0.15) is 0 Å². The lowest BCUT2D eigenvalue weighted by molar-refractivity contribution is 0.580. The predicted molar refractivity (Wildman–Crippen MR) is 81.5 cm³/mol. The van der Waals surface area contributed by atoms with Gasteiger partial charge in [-0.1, -0.05) is 42.0 Å². The number of nitrogen functional groups attached to an aromatic ring is 1. The molecule has 2 aromatic carbocycles. The van der Waals surface area contributed by atoms with Gasteiger partial charge in [-0.3, -0.25) is 0 Å². The van der Waals surface area contributed by atoms with Crippen LogP contribution in [0.15, 0.2) is 48.5 Å². The van der Waals surface area contributed by atoms with Crippen molar-refractivity contribution in [1.29, 1.82) is 0 Å². The highest BCUT2D eigenvalue weighted by molar-refractivity contribution is 7.88.